The molecule has 96 valence electrons. The van der Waals surface area contributed by atoms with Crippen molar-refractivity contribution in [2.24, 2.45) is 5.73 Å². The molecule has 0 aliphatic carbocycles. The number of rotatable bonds is 7. The number of alkyl halides is 2. The first-order valence-corrected chi connectivity index (χ1v) is 5.51. The number of hydrogen-bond donors (Lipinski definition) is 1. The van der Waals surface area contributed by atoms with Crippen LogP contribution in [0.5, 0.6) is 5.75 Å². The number of para-hydroxylation sites is 1. The third-order valence-electron chi connectivity index (χ3n) is 2.37. The van der Waals surface area contributed by atoms with Crippen LogP contribution in [0, 0.1) is 0 Å². The first kappa shape index (κ1) is 13.9. The van der Waals surface area contributed by atoms with Crippen LogP contribution >= 0.6 is 0 Å². The Balaban J connectivity index is 2.35. The van der Waals surface area contributed by atoms with Gasteiger partial charge in [0.25, 0.3) is 6.43 Å². The zero-order valence-electron chi connectivity index (χ0n) is 9.90. The van der Waals surface area contributed by atoms with Crippen LogP contribution in [0.15, 0.2) is 24.3 Å². The van der Waals surface area contributed by atoms with Crippen molar-refractivity contribution in [2.75, 3.05) is 26.7 Å². The van der Waals surface area contributed by atoms with Gasteiger partial charge in [0.15, 0.2) is 0 Å². The van der Waals surface area contributed by atoms with Crippen LogP contribution in [0.2, 0.25) is 0 Å². The molecule has 3 nitrogen and oxygen atoms in total. The highest BCUT2D eigenvalue weighted by Gasteiger charge is 2.07. The van der Waals surface area contributed by atoms with Crippen LogP contribution in [0.3, 0.4) is 0 Å². The SMILES string of the molecule is CN(CCOc1ccccc1CN)CC(F)F. The van der Waals surface area contributed by atoms with E-state index in [0.717, 1.165) is 11.3 Å². The van der Waals surface area contributed by atoms with Crippen molar-refractivity contribution in [3.63, 3.8) is 0 Å². The summed E-state index contributed by atoms with van der Waals surface area (Å²) in [5.41, 5.74) is 6.48. The first-order chi connectivity index (χ1) is 8.13. The van der Waals surface area contributed by atoms with Crippen LogP contribution in [-0.2, 0) is 6.54 Å². The molecule has 0 atom stereocenters. The van der Waals surface area contributed by atoms with E-state index in [1.807, 2.05) is 24.3 Å². The molecule has 1 aromatic carbocycles. The van der Waals surface area contributed by atoms with Crippen molar-refractivity contribution in [1.29, 1.82) is 0 Å². The summed E-state index contributed by atoms with van der Waals surface area (Å²) in [7, 11) is 1.64. The molecule has 0 radical (unpaired) electrons. The topological polar surface area (TPSA) is 38.5 Å². The number of nitrogens with zero attached hydrogens (tertiary/aromatic N) is 1. The molecule has 0 spiro atoms. The van der Waals surface area contributed by atoms with E-state index < -0.39 is 6.43 Å². The van der Waals surface area contributed by atoms with Crippen molar-refractivity contribution in [3.8, 4) is 5.75 Å². The summed E-state index contributed by atoms with van der Waals surface area (Å²) in [6.07, 6.45) is -2.31. The quantitative estimate of drug-likeness (QED) is 0.793. The van der Waals surface area contributed by atoms with Gasteiger partial charge in [0, 0.05) is 18.7 Å². The molecule has 0 amide bonds. The molecule has 0 saturated heterocycles. The van der Waals surface area contributed by atoms with E-state index in [1.54, 1.807) is 7.05 Å². The molecule has 0 aromatic heterocycles. The predicted octanol–water partition coefficient (Wildman–Crippen LogP) is 1.72. The second kappa shape index (κ2) is 7.19. The number of benzene rings is 1. The van der Waals surface area contributed by atoms with Crippen molar-refractivity contribution >= 4 is 0 Å². The first-order valence-electron chi connectivity index (χ1n) is 5.51. The predicted molar refractivity (Wildman–Crippen MR) is 63.3 cm³/mol. The molecule has 1 rings (SSSR count). The van der Waals surface area contributed by atoms with Crippen LogP contribution in [0.25, 0.3) is 0 Å². The van der Waals surface area contributed by atoms with Crippen molar-refractivity contribution in [3.05, 3.63) is 29.8 Å². The van der Waals surface area contributed by atoms with Gasteiger partial charge < -0.3 is 10.5 Å². The summed E-state index contributed by atoms with van der Waals surface area (Å²) < 4.78 is 29.6. The summed E-state index contributed by atoms with van der Waals surface area (Å²) in [6.45, 7) is 1.01. The maximum absolute atomic E-state index is 12.1. The van der Waals surface area contributed by atoms with E-state index in [0.29, 0.717) is 19.7 Å². The average Bonchev–Trinajstić information content (AvgIpc) is 2.28. The van der Waals surface area contributed by atoms with Gasteiger partial charge in [-0.05, 0) is 13.1 Å². The highest BCUT2D eigenvalue weighted by molar-refractivity contribution is 5.32. The van der Waals surface area contributed by atoms with Gasteiger partial charge in [0.05, 0.1) is 6.54 Å². The zero-order valence-corrected chi connectivity index (χ0v) is 9.90. The van der Waals surface area contributed by atoms with E-state index in [2.05, 4.69) is 0 Å². The molecule has 0 unspecified atom stereocenters. The second-order valence-corrected chi connectivity index (χ2v) is 3.81. The summed E-state index contributed by atoms with van der Waals surface area (Å²) >= 11 is 0. The lowest BCUT2D eigenvalue weighted by atomic mass is 10.2. The normalized spacial score (nSPS) is 11.2. The average molecular weight is 244 g/mol. The van der Waals surface area contributed by atoms with Gasteiger partial charge in [-0.3, -0.25) is 4.90 Å². The van der Waals surface area contributed by atoms with Gasteiger partial charge >= 0.3 is 0 Å². The summed E-state index contributed by atoms with van der Waals surface area (Å²) in [5, 5.41) is 0. The minimum Gasteiger partial charge on any atom is -0.492 e. The highest BCUT2D eigenvalue weighted by atomic mass is 19.3. The van der Waals surface area contributed by atoms with Crippen LogP contribution in [0.4, 0.5) is 8.78 Å². The number of ether oxygens (including phenoxy) is 1. The second-order valence-electron chi connectivity index (χ2n) is 3.81. The number of likely N-dealkylation sites (N-methyl/N-ethyl adjacent to an activating group) is 1. The molecular weight excluding hydrogens is 226 g/mol. The van der Waals surface area contributed by atoms with E-state index in [-0.39, 0.29) is 6.54 Å². The molecule has 1 aromatic rings. The Bertz CT molecular complexity index is 334. The highest BCUT2D eigenvalue weighted by Crippen LogP contribution is 2.16. The van der Waals surface area contributed by atoms with Gasteiger partial charge in [-0.25, -0.2) is 8.78 Å². The Morgan fingerprint density at radius 3 is 2.71 bits per heavy atom. The molecule has 0 aliphatic heterocycles. The van der Waals surface area contributed by atoms with Crippen LogP contribution in [-0.4, -0.2) is 38.1 Å². The Hall–Kier alpha value is -1.20. The maximum atomic E-state index is 12.1. The van der Waals surface area contributed by atoms with Gasteiger partial charge in [0.2, 0.25) is 0 Å². The molecule has 0 bridgehead atoms. The van der Waals surface area contributed by atoms with Crippen LogP contribution < -0.4 is 10.5 Å². The minimum atomic E-state index is -2.31. The largest absolute Gasteiger partial charge is 0.492 e. The third-order valence-corrected chi connectivity index (χ3v) is 2.37. The lowest BCUT2D eigenvalue weighted by Gasteiger charge is -2.17. The number of halogens is 2. The Morgan fingerprint density at radius 1 is 1.35 bits per heavy atom. The number of hydrogen-bond acceptors (Lipinski definition) is 3. The van der Waals surface area contributed by atoms with Crippen molar-refractivity contribution in [1.82, 2.24) is 4.90 Å². The van der Waals surface area contributed by atoms with Gasteiger partial charge in [-0.15, -0.1) is 0 Å². The fourth-order valence-electron chi connectivity index (χ4n) is 1.45. The van der Waals surface area contributed by atoms with E-state index in [1.165, 1.54) is 4.90 Å². The molecule has 0 aliphatic rings. The molecular formula is C12H18F2N2O. The Labute approximate surface area is 100 Å². The summed E-state index contributed by atoms with van der Waals surface area (Å²) in [5.74, 6) is 0.723. The Morgan fingerprint density at radius 2 is 2.06 bits per heavy atom. The molecule has 0 fully saturated rings. The van der Waals surface area contributed by atoms with Crippen molar-refractivity contribution in [2.45, 2.75) is 13.0 Å². The van der Waals surface area contributed by atoms with E-state index in [9.17, 15) is 8.78 Å². The molecule has 17 heavy (non-hydrogen) atoms. The fraction of sp³-hybridized carbons (Fsp3) is 0.500. The summed E-state index contributed by atoms with van der Waals surface area (Å²) in [6, 6.07) is 7.46. The van der Waals surface area contributed by atoms with Gasteiger partial charge in [0.1, 0.15) is 12.4 Å². The van der Waals surface area contributed by atoms with E-state index in [4.69, 9.17) is 10.5 Å². The van der Waals surface area contributed by atoms with Gasteiger partial charge in [-0.1, -0.05) is 18.2 Å². The lowest BCUT2D eigenvalue weighted by Crippen LogP contribution is -2.29. The molecule has 0 saturated carbocycles. The fourth-order valence-corrected chi connectivity index (χ4v) is 1.45. The third kappa shape index (κ3) is 5.10. The van der Waals surface area contributed by atoms with Crippen molar-refractivity contribution < 1.29 is 13.5 Å². The van der Waals surface area contributed by atoms with Crippen LogP contribution in [0.1, 0.15) is 5.56 Å². The Kier molecular flexibility index (Phi) is 5.86. The van der Waals surface area contributed by atoms with E-state index >= 15 is 0 Å². The minimum absolute atomic E-state index is 0.234. The zero-order chi connectivity index (χ0) is 12.7. The monoisotopic (exact) mass is 244 g/mol. The lowest BCUT2D eigenvalue weighted by molar-refractivity contribution is 0.0935. The number of nitrogens with two attached hydrogens (primary N) is 1. The standard InChI is InChI=1S/C12H18F2N2O/c1-16(9-12(13)14)6-7-17-11-5-3-2-4-10(11)8-15/h2-5,12H,6-9,15H2,1H3. The maximum Gasteiger partial charge on any atom is 0.251 e. The smallest absolute Gasteiger partial charge is 0.251 e. The molecule has 0 heterocycles. The molecule has 5 heteroatoms. The molecule has 2 N–H and O–H groups in total. The van der Waals surface area contributed by atoms with Gasteiger partial charge in [-0.2, -0.15) is 0 Å². The summed E-state index contributed by atoms with van der Waals surface area (Å²) in [4.78, 5) is 1.54.